The van der Waals surface area contributed by atoms with Gasteiger partial charge in [0.1, 0.15) is 0 Å². The Morgan fingerprint density at radius 2 is 1.78 bits per heavy atom. The molecule has 0 atom stereocenters. The predicted octanol–water partition coefficient (Wildman–Crippen LogP) is 3.05. The van der Waals surface area contributed by atoms with Crippen LogP contribution in [0, 0.1) is 0 Å². The van der Waals surface area contributed by atoms with Gasteiger partial charge >= 0.3 is 0 Å². The summed E-state index contributed by atoms with van der Waals surface area (Å²) in [6.45, 7) is 1.23. The van der Waals surface area contributed by atoms with Crippen LogP contribution in [0.4, 0.5) is 11.4 Å². The van der Waals surface area contributed by atoms with E-state index >= 15 is 0 Å². The first-order valence-electron chi connectivity index (χ1n) is 7.55. The van der Waals surface area contributed by atoms with Crippen LogP contribution in [0.25, 0.3) is 0 Å². The third-order valence-electron chi connectivity index (χ3n) is 3.69. The van der Waals surface area contributed by atoms with Crippen LogP contribution in [-0.2, 0) is 9.47 Å². The fraction of sp³-hybridized carbons (Fsp3) is 0.278. The molecule has 1 aliphatic heterocycles. The van der Waals surface area contributed by atoms with Gasteiger partial charge in [-0.3, -0.25) is 4.79 Å². The molecule has 1 amide bonds. The number of ether oxygens (including phenoxy) is 2. The molecule has 2 aromatic rings. The molecule has 0 unspecified atom stereocenters. The second-order valence-corrected chi connectivity index (χ2v) is 5.59. The van der Waals surface area contributed by atoms with Gasteiger partial charge in [-0.25, -0.2) is 0 Å². The summed E-state index contributed by atoms with van der Waals surface area (Å²) in [4.78, 5) is 14.3. The molecule has 1 saturated heterocycles. The largest absolute Gasteiger partial charge is 0.378 e. The summed E-state index contributed by atoms with van der Waals surface area (Å²) in [5, 5.41) is 2.90. The number of nitrogens with one attached hydrogen (secondary N) is 1. The first-order valence-corrected chi connectivity index (χ1v) is 7.55. The zero-order chi connectivity index (χ0) is 16.2. The third-order valence-corrected chi connectivity index (χ3v) is 3.69. The molecule has 1 N–H and O–H groups in total. The van der Waals surface area contributed by atoms with Gasteiger partial charge < -0.3 is 19.7 Å². The highest BCUT2D eigenvalue weighted by Crippen LogP contribution is 2.24. The normalized spacial score (nSPS) is 14.7. The molecule has 0 saturated carbocycles. The molecule has 5 nitrogen and oxygen atoms in total. The van der Waals surface area contributed by atoms with E-state index in [0.29, 0.717) is 18.8 Å². The second-order valence-electron chi connectivity index (χ2n) is 5.59. The Kier molecular flexibility index (Phi) is 4.60. The highest BCUT2D eigenvalue weighted by atomic mass is 16.7. The van der Waals surface area contributed by atoms with Gasteiger partial charge in [-0.05, 0) is 30.3 Å². The van der Waals surface area contributed by atoms with Crippen molar-refractivity contribution in [1.29, 1.82) is 0 Å². The van der Waals surface area contributed by atoms with Gasteiger partial charge in [-0.15, -0.1) is 0 Å². The first-order chi connectivity index (χ1) is 11.1. The highest BCUT2D eigenvalue weighted by molar-refractivity contribution is 6.04. The Morgan fingerprint density at radius 3 is 2.43 bits per heavy atom. The average molecular weight is 312 g/mol. The van der Waals surface area contributed by atoms with E-state index in [1.807, 2.05) is 61.5 Å². The third kappa shape index (κ3) is 3.70. The summed E-state index contributed by atoms with van der Waals surface area (Å²) in [5.41, 5.74) is 3.31. The standard InChI is InChI=1S/C18H20N2O3/c1-20(2)16-5-3-4-14(12-16)17(21)19-15-8-6-13(7-9-15)18-22-10-11-23-18/h3-9,12,18H,10-11H2,1-2H3,(H,19,21). The maximum absolute atomic E-state index is 12.4. The molecular formula is C18H20N2O3. The zero-order valence-corrected chi connectivity index (χ0v) is 13.3. The number of nitrogens with zero attached hydrogens (tertiary/aromatic N) is 1. The van der Waals surface area contributed by atoms with Crippen LogP contribution in [-0.4, -0.2) is 33.2 Å². The van der Waals surface area contributed by atoms with Gasteiger partial charge in [0, 0.05) is 36.6 Å². The number of hydrogen-bond donors (Lipinski definition) is 1. The molecule has 23 heavy (non-hydrogen) atoms. The average Bonchev–Trinajstić information content (AvgIpc) is 3.10. The maximum atomic E-state index is 12.4. The van der Waals surface area contributed by atoms with E-state index in [9.17, 15) is 4.79 Å². The number of hydrogen-bond acceptors (Lipinski definition) is 4. The van der Waals surface area contributed by atoms with Gasteiger partial charge in [0.15, 0.2) is 6.29 Å². The number of amides is 1. The molecule has 5 heteroatoms. The number of benzene rings is 2. The Morgan fingerprint density at radius 1 is 1.09 bits per heavy atom. The number of carbonyl (C=O) groups excluding carboxylic acids is 1. The van der Waals surface area contributed by atoms with Gasteiger partial charge in [-0.1, -0.05) is 18.2 Å². The number of carbonyl (C=O) groups is 1. The fourth-order valence-corrected chi connectivity index (χ4v) is 2.40. The smallest absolute Gasteiger partial charge is 0.255 e. The highest BCUT2D eigenvalue weighted by Gasteiger charge is 2.18. The van der Waals surface area contributed by atoms with Crippen molar-refractivity contribution in [2.45, 2.75) is 6.29 Å². The summed E-state index contributed by atoms with van der Waals surface area (Å²) in [6, 6.07) is 15.0. The summed E-state index contributed by atoms with van der Waals surface area (Å²) in [7, 11) is 3.89. The number of anilines is 2. The Balaban J connectivity index is 1.68. The lowest BCUT2D eigenvalue weighted by molar-refractivity contribution is -0.0441. The van der Waals surface area contributed by atoms with E-state index < -0.39 is 0 Å². The fourth-order valence-electron chi connectivity index (χ4n) is 2.40. The second kappa shape index (κ2) is 6.81. The summed E-state index contributed by atoms with van der Waals surface area (Å²) in [6.07, 6.45) is -0.295. The SMILES string of the molecule is CN(C)c1cccc(C(=O)Nc2ccc(C3OCCO3)cc2)c1. The molecule has 0 spiro atoms. The Labute approximate surface area is 135 Å². The van der Waals surface area contributed by atoms with E-state index in [0.717, 1.165) is 16.9 Å². The summed E-state index contributed by atoms with van der Waals surface area (Å²) < 4.78 is 10.9. The van der Waals surface area contributed by atoms with Gasteiger partial charge in [0.25, 0.3) is 5.91 Å². The molecular weight excluding hydrogens is 292 g/mol. The van der Waals surface area contributed by atoms with Crippen LogP contribution >= 0.6 is 0 Å². The van der Waals surface area contributed by atoms with Crippen LogP contribution in [0.1, 0.15) is 22.2 Å². The van der Waals surface area contributed by atoms with Crippen molar-refractivity contribution >= 4 is 17.3 Å². The van der Waals surface area contributed by atoms with Crippen molar-refractivity contribution in [2.24, 2.45) is 0 Å². The van der Waals surface area contributed by atoms with Gasteiger partial charge in [-0.2, -0.15) is 0 Å². The first kappa shape index (κ1) is 15.5. The van der Waals surface area contributed by atoms with Crippen molar-refractivity contribution in [3.05, 3.63) is 59.7 Å². The zero-order valence-electron chi connectivity index (χ0n) is 13.3. The van der Waals surface area contributed by atoms with Crippen molar-refractivity contribution in [1.82, 2.24) is 0 Å². The molecule has 2 aromatic carbocycles. The molecule has 120 valence electrons. The van der Waals surface area contributed by atoms with E-state index in [1.54, 1.807) is 6.07 Å². The van der Waals surface area contributed by atoms with E-state index in [4.69, 9.17) is 9.47 Å². The van der Waals surface area contributed by atoms with Crippen molar-refractivity contribution in [3.63, 3.8) is 0 Å². The topological polar surface area (TPSA) is 50.8 Å². The number of rotatable bonds is 4. The minimum atomic E-state index is -0.295. The van der Waals surface area contributed by atoms with E-state index in [-0.39, 0.29) is 12.2 Å². The molecule has 0 radical (unpaired) electrons. The van der Waals surface area contributed by atoms with Crippen LogP contribution in [0.15, 0.2) is 48.5 Å². The lowest BCUT2D eigenvalue weighted by Crippen LogP contribution is -2.14. The molecule has 0 aromatic heterocycles. The van der Waals surface area contributed by atoms with Crippen LogP contribution in [0.2, 0.25) is 0 Å². The Bertz CT molecular complexity index is 677. The van der Waals surface area contributed by atoms with Crippen LogP contribution in [0.3, 0.4) is 0 Å². The van der Waals surface area contributed by atoms with Gasteiger partial charge in [0.2, 0.25) is 0 Å². The molecule has 3 rings (SSSR count). The predicted molar refractivity (Wildman–Crippen MR) is 89.8 cm³/mol. The van der Waals surface area contributed by atoms with Crippen molar-refractivity contribution < 1.29 is 14.3 Å². The van der Waals surface area contributed by atoms with Crippen molar-refractivity contribution in [2.75, 3.05) is 37.5 Å². The summed E-state index contributed by atoms with van der Waals surface area (Å²) >= 11 is 0. The minimum absolute atomic E-state index is 0.130. The van der Waals surface area contributed by atoms with Gasteiger partial charge in [0.05, 0.1) is 13.2 Å². The molecule has 0 bridgehead atoms. The molecule has 1 aliphatic rings. The van der Waals surface area contributed by atoms with E-state index in [2.05, 4.69) is 5.32 Å². The van der Waals surface area contributed by atoms with Crippen LogP contribution < -0.4 is 10.2 Å². The quantitative estimate of drug-likeness (QED) is 0.943. The van der Waals surface area contributed by atoms with Crippen molar-refractivity contribution in [3.8, 4) is 0 Å². The van der Waals surface area contributed by atoms with Crippen LogP contribution in [0.5, 0.6) is 0 Å². The molecule has 1 fully saturated rings. The molecule has 1 heterocycles. The maximum Gasteiger partial charge on any atom is 0.255 e. The van der Waals surface area contributed by atoms with E-state index in [1.165, 1.54) is 0 Å². The lowest BCUT2D eigenvalue weighted by atomic mass is 10.1. The monoisotopic (exact) mass is 312 g/mol. The summed E-state index contributed by atoms with van der Waals surface area (Å²) in [5.74, 6) is -0.130. The Hall–Kier alpha value is -2.37. The molecule has 0 aliphatic carbocycles. The minimum Gasteiger partial charge on any atom is -0.378 e. The lowest BCUT2D eigenvalue weighted by Gasteiger charge is -2.14.